The lowest BCUT2D eigenvalue weighted by molar-refractivity contribution is -0.153. The number of nitrogens with one attached hydrogen (secondary N) is 1. The topological polar surface area (TPSA) is 109 Å². The molecule has 1 heterocycles. The number of rotatable bonds is 4. The molecule has 2 amide bonds. The lowest BCUT2D eigenvalue weighted by Gasteiger charge is -2.31. The first-order valence-corrected chi connectivity index (χ1v) is 9.54. The van der Waals surface area contributed by atoms with Gasteiger partial charge in [-0.3, -0.25) is 9.69 Å². The summed E-state index contributed by atoms with van der Waals surface area (Å²) in [5.74, 6) is -1.11. The third-order valence-electron chi connectivity index (χ3n) is 4.80. The fourth-order valence-electron chi connectivity index (χ4n) is 3.51. The Morgan fingerprint density at radius 3 is 2.44 bits per heavy atom. The van der Waals surface area contributed by atoms with Crippen LogP contribution in [0.1, 0.15) is 65.7 Å². The highest BCUT2D eigenvalue weighted by molar-refractivity contribution is 5.85. The highest BCUT2D eigenvalue weighted by Crippen LogP contribution is 2.27. The first kappa shape index (κ1) is 21.0. The number of amides is 2. The molecule has 0 aromatic rings. The third kappa shape index (κ3) is 5.84. The molecule has 0 aromatic carbocycles. The molecule has 2 aliphatic rings. The number of ether oxygens (including phenoxy) is 2. The SMILES string of the molecule is CC(C)(C)OC(=O)N1CCC[C@H]1C(=O)OCC(=O)NC1(C#N)CCCCC1. The van der Waals surface area contributed by atoms with Gasteiger partial charge in [-0.15, -0.1) is 0 Å². The zero-order valence-electron chi connectivity index (χ0n) is 16.4. The van der Waals surface area contributed by atoms with Crippen LogP contribution in [0, 0.1) is 11.3 Å². The largest absolute Gasteiger partial charge is 0.454 e. The number of hydrogen-bond donors (Lipinski definition) is 1. The second-order valence-corrected chi connectivity index (χ2v) is 8.24. The zero-order chi connectivity index (χ0) is 20.1. The van der Waals surface area contributed by atoms with Gasteiger partial charge in [-0.2, -0.15) is 5.26 Å². The standard InChI is InChI=1S/C19H29N3O5/c1-18(2,3)27-17(25)22-11-7-8-14(22)16(24)26-12-15(23)21-19(13-20)9-5-4-6-10-19/h14H,4-12H2,1-3H3,(H,21,23)/t14-/m0/s1. The molecule has 1 saturated carbocycles. The van der Waals surface area contributed by atoms with Crippen molar-refractivity contribution in [3.05, 3.63) is 0 Å². The van der Waals surface area contributed by atoms with Gasteiger partial charge in [0.1, 0.15) is 17.2 Å². The Labute approximate surface area is 160 Å². The van der Waals surface area contributed by atoms with Crippen molar-refractivity contribution in [1.82, 2.24) is 10.2 Å². The number of likely N-dealkylation sites (tertiary alicyclic amines) is 1. The summed E-state index contributed by atoms with van der Waals surface area (Å²) in [4.78, 5) is 38.1. The normalized spacial score (nSPS) is 21.9. The van der Waals surface area contributed by atoms with E-state index in [1.165, 1.54) is 4.90 Å². The van der Waals surface area contributed by atoms with E-state index >= 15 is 0 Å². The molecule has 1 aliphatic heterocycles. The van der Waals surface area contributed by atoms with Crippen molar-refractivity contribution >= 4 is 18.0 Å². The monoisotopic (exact) mass is 379 g/mol. The van der Waals surface area contributed by atoms with Crippen LogP contribution < -0.4 is 5.32 Å². The number of nitrogens with zero attached hydrogens (tertiary/aromatic N) is 2. The molecule has 1 atom stereocenters. The van der Waals surface area contributed by atoms with Crippen LogP contribution in [0.2, 0.25) is 0 Å². The summed E-state index contributed by atoms with van der Waals surface area (Å²) >= 11 is 0. The van der Waals surface area contributed by atoms with Crippen molar-refractivity contribution in [1.29, 1.82) is 5.26 Å². The molecule has 8 nitrogen and oxygen atoms in total. The Hall–Kier alpha value is -2.30. The van der Waals surface area contributed by atoms with Gasteiger partial charge in [0.2, 0.25) is 0 Å². The molecule has 1 N–H and O–H groups in total. The summed E-state index contributed by atoms with van der Waals surface area (Å²) in [5, 5.41) is 12.1. The van der Waals surface area contributed by atoms with E-state index in [0.29, 0.717) is 32.2 Å². The molecule has 0 spiro atoms. The van der Waals surface area contributed by atoms with Crippen LogP contribution in [0.4, 0.5) is 4.79 Å². The third-order valence-corrected chi connectivity index (χ3v) is 4.80. The van der Waals surface area contributed by atoms with Crippen LogP contribution in [0.15, 0.2) is 0 Å². The Morgan fingerprint density at radius 1 is 1.19 bits per heavy atom. The fraction of sp³-hybridized carbons (Fsp3) is 0.789. The molecule has 0 unspecified atom stereocenters. The lowest BCUT2D eigenvalue weighted by Crippen LogP contribution is -2.50. The Morgan fingerprint density at radius 2 is 1.85 bits per heavy atom. The van der Waals surface area contributed by atoms with Crippen LogP contribution in [0.5, 0.6) is 0 Å². The van der Waals surface area contributed by atoms with E-state index in [2.05, 4.69) is 11.4 Å². The van der Waals surface area contributed by atoms with Crippen molar-refractivity contribution < 1.29 is 23.9 Å². The van der Waals surface area contributed by atoms with Crippen molar-refractivity contribution in [2.24, 2.45) is 0 Å². The van der Waals surface area contributed by atoms with Gasteiger partial charge in [-0.05, 0) is 46.5 Å². The summed E-state index contributed by atoms with van der Waals surface area (Å²) in [7, 11) is 0. The van der Waals surface area contributed by atoms with E-state index < -0.39 is 41.8 Å². The molecule has 2 fully saturated rings. The van der Waals surface area contributed by atoms with Crippen molar-refractivity contribution in [3.8, 4) is 6.07 Å². The van der Waals surface area contributed by atoms with E-state index in [9.17, 15) is 19.6 Å². The smallest absolute Gasteiger partial charge is 0.411 e. The van der Waals surface area contributed by atoms with E-state index in [1.807, 2.05) is 0 Å². The van der Waals surface area contributed by atoms with Gasteiger partial charge < -0.3 is 14.8 Å². The van der Waals surface area contributed by atoms with Gasteiger partial charge in [0.05, 0.1) is 6.07 Å². The van der Waals surface area contributed by atoms with Crippen molar-refractivity contribution in [2.45, 2.75) is 82.9 Å². The van der Waals surface area contributed by atoms with Crippen LogP contribution in [0.3, 0.4) is 0 Å². The quantitative estimate of drug-likeness (QED) is 0.751. The average molecular weight is 379 g/mol. The molecule has 1 saturated heterocycles. The molecule has 2 rings (SSSR count). The van der Waals surface area contributed by atoms with Crippen LogP contribution >= 0.6 is 0 Å². The minimum atomic E-state index is -0.863. The summed E-state index contributed by atoms with van der Waals surface area (Å²) in [6.45, 7) is 5.23. The zero-order valence-corrected chi connectivity index (χ0v) is 16.4. The van der Waals surface area contributed by atoms with Crippen LogP contribution in [0.25, 0.3) is 0 Å². The van der Waals surface area contributed by atoms with E-state index in [-0.39, 0.29) is 0 Å². The highest BCUT2D eigenvalue weighted by atomic mass is 16.6. The first-order chi connectivity index (χ1) is 12.7. The number of carbonyl (C=O) groups is 3. The van der Waals surface area contributed by atoms with Gasteiger partial charge in [0.15, 0.2) is 6.61 Å². The molecule has 0 radical (unpaired) electrons. The maximum absolute atomic E-state index is 12.4. The number of esters is 1. The predicted molar refractivity (Wildman–Crippen MR) is 96.5 cm³/mol. The minimum Gasteiger partial charge on any atom is -0.454 e. The summed E-state index contributed by atoms with van der Waals surface area (Å²) < 4.78 is 10.4. The molecule has 150 valence electrons. The van der Waals surface area contributed by atoms with Gasteiger partial charge in [-0.1, -0.05) is 19.3 Å². The van der Waals surface area contributed by atoms with Crippen molar-refractivity contribution in [3.63, 3.8) is 0 Å². The molecule has 27 heavy (non-hydrogen) atoms. The van der Waals surface area contributed by atoms with Gasteiger partial charge in [0, 0.05) is 6.54 Å². The Bertz CT molecular complexity index is 614. The van der Waals surface area contributed by atoms with E-state index in [0.717, 1.165) is 19.3 Å². The predicted octanol–water partition coefficient (Wildman–Crippen LogP) is 2.27. The summed E-state index contributed by atoms with van der Waals surface area (Å²) in [6, 6.07) is 1.45. The van der Waals surface area contributed by atoms with E-state index in [4.69, 9.17) is 9.47 Å². The fourth-order valence-corrected chi connectivity index (χ4v) is 3.51. The van der Waals surface area contributed by atoms with Crippen molar-refractivity contribution in [2.75, 3.05) is 13.2 Å². The first-order valence-electron chi connectivity index (χ1n) is 9.54. The minimum absolute atomic E-state index is 0.415. The summed E-state index contributed by atoms with van der Waals surface area (Å²) in [5.41, 5.74) is -1.52. The molecular weight excluding hydrogens is 350 g/mol. The Balaban J connectivity index is 1.86. The molecule has 8 heteroatoms. The average Bonchev–Trinajstić information content (AvgIpc) is 3.09. The number of nitriles is 1. The maximum atomic E-state index is 12.4. The van der Waals surface area contributed by atoms with Crippen LogP contribution in [-0.4, -0.2) is 53.2 Å². The maximum Gasteiger partial charge on any atom is 0.411 e. The summed E-state index contributed by atoms with van der Waals surface area (Å²) in [6.07, 6.45) is 4.63. The second-order valence-electron chi connectivity index (χ2n) is 8.24. The van der Waals surface area contributed by atoms with Gasteiger partial charge in [0.25, 0.3) is 5.91 Å². The van der Waals surface area contributed by atoms with Gasteiger partial charge in [-0.25, -0.2) is 9.59 Å². The molecule has 0 bridgehead atoms. The lowest BCUT2D eigenvalue weighted by atomic mass is 9.83. The molecule has 0 aromatic heterocycles. The van der Waals surface area contributed by atoms with E-state index in [1.54, 1.807) is 20.8 Å². The second kappa shape index (κ2) is 8.59. The Kier molecular flexibility index (Phi) is 6.68. The van der Waals surface area contributed by atoms with Gasteiger partial charge >= 0.3 is 12.1 Å². The highest BCUT2D eigenvalue weighted by Gasteiger charge is 2.38. The molecule has 1 aliphatic carbocycles. The number of carbonyl (C=O) groups excluding carboxylic acids is 3. The molecular formula is C19H29N3O5. The number of hydrogen-bond acceptors (Lipinski definition) is 6. The van der Waals surface area contributed by atoms with Crippen LogP contribution in [-0.2, 0) is 19.1 Å².